The average molecular weight is 177 g/mol. The lowest BCUT2D eigenvalue weighted by molar-refractivity contribution is 0.589. The van der Waals surface area contributed by atoms with Gasteiger partial charge in [-0.25, -0.2) is 4.39 Å². The molecule has 0 unspecified atom stereocenters. The van der Waals surface area contributed by atoms with Gasteiger partial charge in [0.05, 0.1) is 11.6 Å². The largest absolute Gasteiger partial charge is 0.206 e. The second-order valence-electron chi connectivity index (χ2n) is 3.46. The van der Waals surface area contributed by atoms with Gasteiger partial charge in [0.2, 0.25) is 0 Å². The molecule has 2 heteroatoms. The van der Waals surface area contributed by atoms with Gasteiger partial charge in [-0.1, -0.05) is 13.8 Å². The van der Waals surface area contributed by atoms with Gasteiger partial charge in [0.25, 0.3) is 0 Å². The van der Waals surface area contributed by atoms with Crippen molar-refractivity contribution in [2.45, 2.75) is 26.7 Å². The van der Waals surface area contributed by atoms with Crippen molar-refractivity contribution in [2.24, 2.45) is 0 Å². The second-order valence-corrected chi connectivity index (χ2v) is 3.46. The number of hydrogen-bond donors (Lipinski definition) is 0. The van der Waals surface area contributed by atoms with Gasteiger partial charge in [0.15, 0.2) is 0 Å². The highest BCUT2D eigenvalue weighted by atomic mass is 19.1. The highest BCUT2D eigenvalue weighted by Crippen LogP contribution is 2.22. The summed E-state index contributed by atoms with van der Waals surface area (Å²) in [6.07, 6.45) is 0. The van der Waals surface area contributed by atoms with Gasteiger partial charge in [-0.05, 0) is 36.1 Å². The Balaban J connectivity index is 3.35. The Bertz CT molecular complexity index is 361. The van der Waals surface area contributed by atoms with Gasteiger partial charge < -0.3 is 0 Å². The first-order valence-electron chi connectivity index (χ1n) is 4.26. The molecule has 0 atom stereocenters. The molecule has 0 heterocycles. The lowest BCUT2D eigenvalue weighted by Crippen LogP contribution is -1.97. The molecule has 1 rings (SSSR count). The fourth-order valence-electron chi connectivity index (χ4n) is 1.28. The number of rotatable bonds is 1. The minimum atomic E-state index is -0.186. The van der Waals surface area contributed by atoms with Crippen molar-refractivity contribution in [3.63, 3.8) is 0 Å². The van der Waals surface area contributed by atoms with Gasteiger partial charge in [-0.15, -0.1) is 0 Å². The molecular weight excluding hydrogens is 165 g/mol. The zero-order valence-corrected chi connectivity index (χ0v) is 8.06. The van der Waals surface area contributed by atoms with Crippen LogP contribution in [0.25, 0.3) is 0 Å². The van der Waals surface area contributed by atoms with E-state index in [2.05, 4.69) is 0 Å². The zero-order chi connectivity index (χ0) is 10.0. The van der Waals surface area contributed by atoms with E-state index in [9.17, 15) is 4.39 Å². The van der Waals surface area contributed by atoms with Crippen molar-refractivity contribution in [1.82, 2.24) is 0 Å². The number of halogens is 1. The Labute approximate surface area is 77.8 Å². The van der Waals surface area contributed by atoms with Crippen LogP contribution in [0, 0.1) is 24.1 Å². The standard InChI is InChI=1S/C11H12FN/c1-7(2)10-5-9(6-13)4-8(3)11(10)12/h4-5,7H,1-3H3. The summed E-state index contributed by atoms with van der Waals surface area (Å²) in [5.74, 6) is -0.0685. The molecule has 0 amide bonds. The zero-order valence-electron chi connectivity index (χ0n) is 8.06. The topological polar surface area (TPSA) is 23.8 Å². The average Bonchev–Trinajstić information content (AvgIpc) is 2.09. The SMILES string of the molecule is Cc1cc(C#N)cc(C(C)C)c1F. The Kier molecular flexibility index (Phi) is 2.67. The Morgan fingerprint density at radius 3 is 2.46 bits per heavy atom. The Morgan fingerprint density at radius 2 is 2.00 bits per heavy atom. The van der Waals surface area contributed by atoms with Crippen LogP contribution in [0.5, 0.6) is 0 Å². The smallest absolute Gasteiger partial charge is 0.129 e. The van der Waals surface area contributed by atoms with E-state index in [1.165, 1.54) is 0 Å². The maximum absolute atomic E-state index is 13.5. The predicted molar refractivity (Wildman–Crippen MR) is 49.9 cm³/mol. The van der Waals surface area contributed by atoms with E-state index in [0.29, 0.717) is 16.7 Å². The van der Waals surface area contributed by atoms with Crippen LogP contribution in [0.2, 0.25) is 0 Å². The molecule has 0 aliphatic carbocycles. The van der Waals surface area contributed by atoms with Crippen LogP contribution in [0.4, 0.5) is 4.39 Å². The molecule has 0 aliphatic rings. The summed E-state index contributed by atoms with van der Waals surface area (Å²) in [4.78, 5) is 0. The highest BCUT2D eigenvalue weighted by molar-refractivity contribution is 5.39. The Hall–Kier alpha value is -1.36. The molecule has 1 aromatic rings. The van der Waals surface area contributed by atoms with Gasteiger partial charge in [-0.3, -0.25) is 0 Å². The maximum Gasteiger partial charge on any atom is 0.129 e. The maximum atomic E-state index is 13.5. The van der Waals surface area contributed by atoms with Crippen LogP contribution in [0.15, 0.2) is 12.1 Å². The summed E-state index contributed by atoms with van der Waals surface area (Å²) in [6, 6.07) is 5.21. The molecular formula is C11H12FN. The molecule has 0 spiro atoms. The third-order valence-electron chi connectivity index (χ3n) is 2.03. The normalized spacial score (nSPS) is 10.2. The third kappa shape index (κ3) is 1.86. The molecule has 1 nitrogen and oxygen atoms in total. The minimum absolute atomic E-state index is 0.118. The van der Waals surface area contributed by atoms with Crippen molar-refractivity contribution in [3.05, 3.63) is 34.6 Å². The van der Waals surface area contributed by atoms with Crippen molar-refractivity contribution in [2.75, 3.05) is 0 Å². The van der Waals surface area contributed by atoms with Crippen molar-refractivity contribution >= 4 is 0 Å². The van der Waals surface area contributed by atoms with Gasteiger partial charge in [0.1, 0.15) is 5.82 Å². The summed E-state index contributed by atoms with van der Waals surface area (Å²) in [6.45, 7) is 5.51. The molecule has 13 heavy (non-hydrogen) atoms. The fraction of sp³-hybridized carbons (Fsp3) is 0.364. The molecule has 0 saturated heterocycles. The van der Waals surface area contributed by atoms with Crippen LogP contribution < -0.4 is 0 Å². The number of nitrogens with zero attached hydrogens (tertiary/aromatic N) is 1. The van der Waals surface area contributed by atoms with Crippen molar-refractivity contribution in [3.8, 4) is 6.07 Å². The van der Waals surface area contributed by atoms with E-state index in [-0.39, 0.29) is 11.7 Å². The molecule has 0 bridgehead atoms. The number of nitriles is 1. The first-order valence-corrected chi connectivity index (χ1v) is 4.26. The predicted octanol–water partition coefficient (Wildman–Crippen LogP) is 3.13. The van der Waals surface area contributed by atoms with Crippen LogP contribution >= 0.6 is 0 Å². The van der Waals surface area contributed by atoms with Crippen LogP contribution in [-0.4, -0.2) is 0 Å². The first-order chi connectivity index (χ1) is 6.06. The quantitative estimate of drug-likeness (QED) is 0.646. The summed E-state index contributed by atoms with van der Waals surface area (Å²) in [5, 5.41) is 8.69. The molecule has 0 radical (unpaired) electrons. The molecule has 0 fully saturated rings. The molecule has 0 N–H and O–H groups in total. The molecule has 0 aliphatic heterocycles. The molecule has 68 valence electrons. The van der Waals surface area contributed by atoms with Gasteiger partial charge in [-0.2, -0.15) is 5.26 Å². The molecule has 0 saturated carbocycles. The minimum Gasteiger partial charge on any atom is -0.206 e. The van der Waals surface area contributed by atoms with Gasteiger partial charge in [0, 0.05) is 0 Å². The lowest BCUT2D eigenvalue weighted by Gasteiger charge is -2.09. The fourth-order valence-corrected chi connectivity index (χ4v) is 1.28. The van der Waals surface area contributed by atoms with Crippen LogP contribution in [0.1, 0.15) is 36.5 Å². The lowest BCUT2D eigenvalue weighted by atomic mass is 9.98. The van der Waals surface area contributed by atoms with E-state index >= 15 is 0 Å². The summed E-state index contributed by atoms with van der Waals surface area (Å²) < 4.78 is 13.5. The van der Waals surface area contributed by atoms with Crippen molar-refractivity contribution < 1.29 is 4.39 Å². The monoisotopic (exact) mass is 177 g/mol. The highest BCUT2D eigenvalue weighted by Gasteiger charge is 2.10. The molecule has 0 aromatic heterocycles. The van der Waals surface area contributed by atoms with Crippen LogP contribution in [0.3, 0.4) is 0 Å². The first kappa shape index (κ1) is 9.73. The van der Waals surface area contributed by atoms with E-state index in [4.69, 9.17) is 5.26 Å². The number of aryl methyl sites for hydroxylation is 1. The van der Waals surface area contributed by atoms with Crippen LogP contribution in [-0.2, 0) is 0 Å². The summed E-state index contributed by atoms with van der Waals surface area (Å²) >= 11 is 0. The third-order valence-corrected chi connectivity index (χ3v) is 2.03. The Morgan fingerprint density at radius 1 is 1.38 bits per heavy atom. The number of benzene rings is 1. The molecule has 1 aromatic carbocycles. The summed E-state index contributed by atoms with van der Waals surface area (Å²) in [7, 11) is 0. The van der Waals surface area contributed by atoms with E-state index in [0.717, 1.165) is 0 Å². The van der Waals surface area contributed by atoms with Gasteiger partial charge >= 0.3 is 0 Å². The van der Waals surface area contributed by atoms with E-state index < -0.39 is 0 Å². The summed E-state index contributed by atoms with van der Waals surface area (Å²) in [5.41, 5.74) is 1.70. The second kappa shape index (κ2) is 3.57. The van der Waals surface area contributed by atoms with E-state index in [1.807, 2.05) is 19.9 Å². The number of hydrogen-bond acceptors (Lipinski definition) is 1. The van der Waals surface area contributed by atoms with E-state index in [1.54, 1.807) is 19.1 Å². The van der Waals surface area contributed by atoms with Crippen molar-refractivity contribution in [1.29, 1.82) is 5.26 Å².